The molecule has 1 N–H and O–H groups in total. The van der Waals surface area contributed by atoms with Crippen molar-refractivity contribution in [1.82, 2.24) is 9.78 Å². The van der Waals surface area contributed by atoms with E-state index in [0.717, 1.165) is 4.68 Å². The average molecular weight is 448 g/mol. The van der Waals surface area contributed by atoms with Crippen molar-refractivity contribution in [1.29, 1.82) is 0 Å². The molecule has 164 valence electrons. The van der Waals surface area contributed by atoms with Gasteiger partial charge in [0.05, 0.1) is 24.9 Å². The van der Waals surface area contributed by atoms with Gasteiger partial charge in [0.15, 0.2) is 5.69 Å². The first-order valence-corrected chi connectivity index (χ1v) is 9.40. The minimum absolute atomic E-state index is 0.0419. The van der Waals surface area contributed by atoms with Crippen LogP contribution in [0.4, 0.5) is 18.9 Å². The van der Waals surface area contributed by atoms with Crippen LogP contribution in [-0.4, -0.2) is 35.5 Å². The number of hydrogen-bond acceptors (Lipinski definition) is 5. The van der Waals surface area contributed by atoms with Crippen molar-refractivity contribution >= 4 is 23.2 Å². The molecule has 1 aliphatic heterocycles. The zero-order valence-corrected chi connectivity index (χ0v) is 17.6. The lowest BCUT2D eigenvalue weighted by Crippen LogP contribution is -2.34. The van der Waals surface area contributed by atoms with E-state index in [-0.39, 0.29) is 34.3 Å². The van der Waals surface area contributed by atoms with E-state index >= 15 is 0 Å². The number of amides is 1. The zero-order valence-electron chi connectivity index (χ0n) is 16.8. The van der Waals surface area contributed by atoms with Gasteiger partial charge in [0.1, 0.15) is 23.6 Å². The number of carbonyl (C=O) groups excluding carboxylic acids is 1. The highest BCUT2D eigenvalue weighted by atomic mass is 35.5. The number of anilines is 1. The van der Waals surface area contributed by atoms with Crippen LogP contribution in [0.1, 0.15) is 31.5 Å². The largest absolute Gasteiger partial charge is 0.495 e. The molecule has 30 heavy (non-hydrogen) atoms. The highest BCUT2D eigenvalue weighted by Crippen LogP contribution is 2.41. The van der Waals surface area contributed by atoms with Crippen LogP contribution in [0.3, 0.4) is 0 Å². The Bertz CT molecular complexity index is 973. The minimum atomic E-state index is -4.65. The maximum absolute atomic E-state index is 13.4. The van der Waals surface area contributed by atoms with Crippen LogP contribution in [0.5, 0.6) is 17.4 Å². The summed E-state index contributed by atoms with van der Waals surface area (Å²) in [6.45, 7) is 3.05. The van der Waals surface area contributed by atoms with Crippen molar-refractivity contribution in [3.63, 3.8) is 0 Å². The average Bonchev–Trinajstić information content (AvgIpc) is 2.98. The number of nitrogens with one attached hydrogen (secondary N) is 1. The van der Waals surface area contributed by atoms with Crippen molar-refractivity contribution in [2.24, 2.45) is 0 Å². The zero-order chi connectivity index (χ0) is 22.3. The molecule has 2 heterocycles. The monoisotopic (exact) mass is 447 g/mol. The van der Waals surface area contributed by atoms with Crippen LogP contribution in [0, 0.1) is 0 Å². The fourth-order valence-corrected chi connectivity index (χ4v) is 3.42. The van der Waals surface area contributed by atoms with Crippen molar-refractivity contribution < 1.29 is 32.2 Å². The first-order chi connectivity index (χ1) is 13.9. The highest BCUT2D eigenvalue weighted by molar-refractivity contribution is 6.32. The maximum atomic E-state index is 13.4. The van der Waals surface area contributed by atoms with E-state index in [1.165, 1.54) is 26.4 Å². The lowest BCUT2D eigenvalue weighted by Gasteiger charge is -2.31. The van der Waals surface area contributed by atoms with E-state index in [9.17, 15) is 18.0 Å². The van der Waals surface area contributed by atoms with Gasteiger partial charge in [0, 0.05) is 11.6 Å². The number of methoxy groups -OCH3 is 2. The van der Waals surface area contributed by atoms with E-state index in [4.69, 9.17) is 25.8 Å². The first-order valence-electron chi connectivity index (χ1n) is 9.02. The van der Waals surface area contributed by atoms with Crippen LogP contribution >= 0.6 is 11.6 Å². The molecule has 0 bridgehead atoms. The Labute approximate surface area is 176 Å². The van der Waals surface area contributed by atoms with Gasteiger partial charge in [-0.15, -0.1) is 0 Å². The summed E-state index contributed by atoms with van der Waals surface area (Å²) in [7, 11) is 2.83. The highest BCUT2D eigenvalue weighted by Gasteiger charge is 2.43. The number of carbonyl (C=O) groups is 1. The van der Waals surface area contributed by atoms with Gasteiger partial charge in [-0.2, -0.15) is 18.3 Å². The Morgan fingerprint density at radius 2 is 1.97 bits per heavy atom. The van der Waals surface area contributed by atoms with Crippen LogP contribution in [0.25, 0.3) is 0 Å². The summed E-state index contributed by atoms with van der Waals surface area (Å²) >= 11 is 6.09. The number of nitrogens with zero attached hydrogens (tertiary/aromatic N) is 2. The van der Waals surface area contributed by atoms with Gasteiger partial charge in [-0.3, -0.25) is 4.79 Å². The van der Waals surface area contributed by atoms with Gasteiger partial charge in [0.2, 0.25) is 11.8 Å². The lowest BCUT2D eigenvalue weighted by atomic mass is 9.95. The van der Waals surface area contributed by atoms with Gasteiger partial charge in [-0.05, 0) is 32.8 Å². The number of hydrogen-bond donors (Lipinski definition) is 1. The quantitative estimate of drug-likeness (QED) is 0.739. The SMILES string of the molecule is COc1cc(OC)c(NC(=O)Cn2nc(C(F)(F)F)c3c2OC(C)(C)CC3)cc1Cl. The Hall–Kier alpha value is -2.62. The predicted octanol–water partition coefficient (Wildman–Crippen LogP) is 4.31. The van der Waals surface area contributed by atoms with Gasteiger partial charge in [-0.1, -0.05) is 11.6 Å². The lowest BCUT2D eigenvalue weighted by molar-refractivity contribution is -0.142. The van der Waals surface area contributed by atoms with Gasteiger partial charge in [0.25, 0.3) is 0 Å². The summed E-state index contributed by atoms with van der Waals surface area (Å²) in [4.78, 5) is 12.6. The summed E-state index contributed by atoms with van der Waals surface area (Å²) in [6.07, 6.45) is -4.09. The van der Waals surface area contributed by atoms with Crippen molar-refractivity contribution in [3.8, 4) is 17.4 Å². The number of ether oxygens (including phenoxy) is 3. The molecule has 11 heteroatoms. The van der Waals surface area contributed by atoms with Crippen molar-refractivity contribution in [3.05, 3.63) is 28.4 Å². The Balaban J connectivity index is 1.89. The summed E-state index contributed by atoms with van der Waals surface area (Å²) in [5, 5.41) is 6.43. The third-order valence-corrected chi connectivity index (χ3v) is 4.95. The first kappa shape index (κ1) is 22.1. The predicted molar refractivity (Wildman–Crippen MR) is 103 cm³/mol. The Kier molecular flexibility index (Phi) is 5.81. The van der Waals surface area contributed by atoms with E-state index in [1.807, 2.05) is 0 Å². The summed E-state index contributed by atoms with van der Waals surface area (Å²) in [5.41, 5.74) is -1.51. The molecule has 1 aliphatic rings. The summed E-state index contributed by atoms with van der Waals surface area (Å²) in [5.74, 6) is -0.0486. The van der Waals surface area contributed by atoms with E-state index in [2.05, 4.69) is 10.4 Å². The third-order valence-electron chi connectivity index (χ3n) is 4.66. The second-order valence-corrected chi connectivity index (χ2v) is 7.79. The molecule has 1 aromatic carbocycles. The number of halogens is 4. The fourth-order valence-electron chi connectivity index (χ4n) is 3.18. The normalized spacial score (nSPS) is 15.2. The van der Waals surface area contributed by atoms with E-state index in [1.54, 1.807) is 13.8 Å². The Morgan fingerprint density at radius 3 is 2.57 bits per heavy atom. The molecule has 0 atom stereocenters. The molecular weight excluding hydrogens is 427 g/mol. The molecule has 7 nitrogen and oxygen atoms in total. The molecule has 0 spiro atoms. The molecule has 2 aromatic rings. The smallest absolute Gasteiger partial charge is 0.435 e. The topological polar surface area (TPSA) is 74.6 Å². The molecule has 0 radical (unpaired) electrons. The number of aromatic nitrogens is 2. The summed E-state index contributed by atoms with van der Waals surface area (Å²) in [6, 6.07) is 2.91. The fraction of sp³-hybridized carbons (Fsp3) is 0.474. The maximum Gasteiger partial charge on any atom is 0.435 e. The molecule has 3 rings (SSSR count). The molecule has 1 amide bonds. The van der Waals surface area contributed by atoms with Crippen LogP contribution in [-0.2, 0) is 23.9 Å². The van der Waals surface area contributed by atoms with E-state index < -0.39 is 29.9 Å². The van der Waals surface area contributed by atoms with Crippen LogP contribution in [0.2, 0.25) is 5.02 Å². The molecule has 0 unspecified atom stereocenters. The molecule has 0 saturated carbocycles. The second-order valence-electron chi connectivity index (χ2n) is 7.38. The number of fused-ring (bicyclic) bond motifs is 1. The summed E-state index contributed by atoms with van der Waals surface area (Å²) < 4.78 is 57.2. The van der Waals surface area contributed by atoms with Crippen LogP contribution in [0.15, 0.2) is 12.1 Å². The molecule has 0 aliphatic carbocycles. The van der Waals surface area contributed by atoms with Gasteiger partial charge < -0.3 is 19.5 Å². The number of rotatable bonds is 5. The van der Waals surface area contributed by atoms with E-state index in [0.29, 0.717) is 12.2 Å². The van der Waals surface area contributed by atoms with Crippen molar-refractivity contribution in [2.45, 2.75) is 45.0 Å². The van der Waals surface area contributed by atoms with Crippen LogP contribution < -0.4 is 19.5 Å². The minimum Gasteiger partial charge on any atom is -0.495 e. The standard InChI is InChI=1S/C19H21ClF3N3O4/c1-18(2)6-5-10-16(19(21,22)23)25-26(17(10)30-18)9-15(27)24-12-7-11(20)13(28-3)8-14(12)29-4/h7-8H,5-6,9H2,1-4H3,(H,24,27). The van der Waals surface area contributed by atoms with Gasteiger partial charge >= 0.3 is 6.18 Å². The molecule has 0 fully saturated rings. The third kappa shape index (κ3) is 4.43. The number of benzene rings is 1. The van der Waals surface area contributed by atoms with Crippen molar-refractivity contribution in [2.75, 3.05) is 19.5 Å². The van der Waals surface area contributed by atoms with Gasteiger partial charge in [-0.25, -0.2) is 4.68 Å². The molecular formula is C19H21ClF3N3O4. The number of alkyl halides is 3. The Morgan fingerprint density at radius 1 is 1.30 bits per heavy atom. The molecule has 0 saturated heterocycles. The molecule has 1 aromatic heterocycles. The second kappa shape index (κ2) is 7.90.